The summed E-state index contributed by atoms with van der Waals surface area (Å²) in [6.45, 7) is 0. The molecular weight excluding hydrogens is 461 g/mol. The van der Waals surface area contributed by atoms with E-state index in [0.29, 0.717) is 22.4 Å². The number of benzene rings is 3. The Labute approximate surface area is 183 Å². The molecule has 1 atom stereocenters. The van der Waals surface area contributed by atoms with Gasteiger partial charge >= 0.3 is 184 Å². The van der Waals surface area contributed by atoms with Gasteiger partial charge in [-0.2, -0.15) is 0 Å². The number of aromatic hydroxyl groups is 1. The second-order valence-corrected chi connectivity index (χ2v) is 12.2. The van der Waals surface area contributed by atoms with Crippen molar-refractivity contribution in [3.63, 3.8) is 0 Å². The van der Waals surface area contributed by atoms with Gasteiger partial charge in [-0.05, 0) is 0 Å². The maximum absolute atomic E-state index is 12.9. The second kappa shape index (κ2) is 7.74. The minimum atomic E-state index is -1.59. The Balaban J connectivity index is 2.11. The molecule has 4 rings (SSSR count). The number of non-ortho nitro benzene ring substituents is 1. The first-order valence-corrected chi connectivity index (χ1v) is 14.1. The van der Waals surface area contributed by atoms with E-state index >= 15 is 0 Å². The third kappa shape index (κ3) is 3.26. The summed E-state index contributed by atoms with van der Waals surface area (Å²) in [7, 11) is 1.44. The molecule has 1 N–H and O–H groups in total. The molecule has 0 saturated carbocycles. The van der Waals surface area contributed by atoms with Crippen LogP contribution in [0.5, 0.6) is 11.5 Å². The van der Waals surface area contributed by atoms with Gasteiger partial charge in [-0.25, -0.2) is 0 Å². The summed E-state index contributed by atoms with van der Waals surface area (Å²) < 4.78 is 12.5. The van der Waals surface area contributed by atoms with E-state index in [1.54, 1.807) is 36.4 Å². The van der Waals surface area contributed by atoms with Gasteiger partial charge in [0.05, 0.1) is 0 Å². The van der Waals surface area contributed by atoms with Gasteiger partial charge < -0.3 is 0 Å². The van der Waals surface area contributed by atoms with Gasteiger partial charge in [0.1, 0.15) is 0 Å². The van der Waals surface area contributed by atoms with E-state index in [1.165, 1.54) is 25.3 Å². The van der Waals surface area contributed by atoms with Crippen molar-refractivity contribution in [2.24, 2.45) is 0 Å². The molecule has 7 nitrogen and oxygen atoms in total. The molecule has 8 heteroatoms. The molecule has 158 valence electrons. The van der Waals surface area contributed by atoms with E-state index in [4.69, 9.17) is 9.47 Å². The number of nitrogens with zero attached hydrogens (tertiary/aromatic N) is 1. The summed E-state index contributed by atoms with van der Waals surface area (Å²) in [5, 5.41) is 22.6. The van der Waals surface area contributed by atoms with Crippen LogP contribution < -0.4 is 9.09 Å². The number of carbonyl (C=O) groups is 1. The van der Waals surface area contributed by atoms with E-state index in [-0.39, 0.29) is 17.0 Å². The first kappa shape index (κ1) is 20.9. The zero-order chi connectivity index (χ0) is 22.3. The molecule has 0 radical (unpaired) electrons. The average Bonchev–Trinajstić information content (AvgIpc) is 3.06. The molecule has 3 aromatic rings. The van der Waals surface area contributed by atoms with Gasteiger partial charge in [0.2, 0.25) is 0 Å². The van der Waals surface area contributed by atoms with Crippen LogP contribution in [0.1, 0.15) is 27.0 Å². The first-order valence-electron chi connectivity index (χ1n) is 9.46. The molecule has 0 bridgehead atoms. The number of nitro benzene ring substituents is 1. The van der Waals surface area contributed by atoms with E-state index in [9.17, 15) is 20.0 Å². The van der Waals surface area contributed by atoms with Crippen molar-refractivity contribution in [1.29, 1.82) is 0 Å². The van der Waals surface area contributed by atoms with Crippen molar-refractivity contribution in [2.45, 2.75) is 17.0 Å². The molecule has 0 fully saturated rings. The Morgan fingerprint density at radius 3 is 2.42 bits per heavy atom. The summed E-state index contributed by atoms with van der Waals surface area (Å²) in [4.78, 5) is 23.9. The molecule has 0 aliphatic carbocycles. The predicted molar refractivity (Wildman–Crippen MR) is 117 cm³/mol. The fourth-order valence-electron chi connectivity index (χ4n) is 3.94. The molecule has 3 aromatic carbocycles. The van der Waals surface area contributed by atoms with Crippen LogP contribution in [0.25, 0.3) is 0 Å². The van der Waals surface area contributed by atoms with Gasteiger partial charge in [-0.15, -0.1) is 0 Å². The van der Waals surface area contributed by atoms with Crippen LogP contribution in [0.4, 0.5) is 5.69 Å². The number of fused-ring (bicyclic) bond motifs is 1. The number of cyclic esters (lactones) is 1. The number of nitro groups is 1. The molecule has 1 heterocycles. The van der Waals surface area contributed by atoms with Gasteiger partial charge in [-0.1, -0.05) is 0 Å². The quantitative estimate of drug-likeness (QED) is 0.258. The van der Waals surface area contributed by atoms with Crippen LogP contribution in [-0.2, 0) is 10.3 Å². The third-order valence-corrected chi connectivity index (χ3v) is 8.17. The van der Waals surface area contributed by atoms with E-state index in [1.807, 2.05) is 6.07 Å². The fraction of sp³-hybridized carbons (Fsp3) is 0.174. The van der Waals surface area contributed by atoms with Crippen LogP contribution in [0.2, 0.25) is 11.4 Å². The minimum absolute atomic E-state index is 0.0429. The van der Waals surface area contributed by atoms with Gasteiger partial charge in [0.25, 0.3) is 0 Å². The van der Waals surface area contributed by atoms with E-state index in [2.05, 4.69) is 11.4 Å². The fourth-order valence-corrected chi connectivity index (χ4v) is 5.52. The van der Waals surface area contributed by atoms with Crippen molar-refractivity contribution < 1.29 is 24.3 Å². The Morgan fingerprint density at radius 2 is 1.77 bits per heavy atom. The number of rotatable bonds is 5. The Bertz CT molecular complexity index is 1210. The van der Waals surface area contributed by atoms with Crippen molar-refractivity contribution >= 4 is 30.7 Å². The Morgan fingerprint density at radius 1 is 1.03 bits per heavy atom. The number of esters is 1. The SMILES string of the molecule is COc1ccc([N+](=O)[O-])cc1C1(c2ccc([As](C)C)cc2O)OC(=O)c2ccccc21. The topological polar surface area (TPSA) is 98.9 Å². The normalized spacial score (nSPS) is 17.4. The summed E-state index contributed by atoms with van der Waals surface area (Å²) in [6, 6.07) is 16.3. The summed E-state index contributed by atoms with van der Waals surface area (Å²) in [5.41, 5.74) is 3.94. The Kier molecular flexibility index (Phi) is 5.23. The number of phenols is 1. The molecule has 0 saturated heterocycles. The van der Waals surface area contributed by atoms with Crippen molar-refractivity contribution in [3.05, 3.63) is 93.0 Å². The second-order valence-electron chi connectivity index (χ2n) is 7.35. The summed E-state index contributed by atoms with van der Waals surface area (Å²) in [5.74, 6) is -0.317. The zero-order valence-corrected chi connectivity index (χ0v) is 19.0. The summed E-state index contributed by atoms with van der Waals surface area (Å²) >= 11 is -1.28. The molecule has 1 aliphatic heterocycles. The summed E-state index contributed by atoms with van der Waals surface area (Å²) in [6.07, 6.45) is 0. The van der Waals surface area contributed by atoms with Crippen LogP contribution >= 0.6 is 0 Å². The van der Waals surface area contributed by atoms with Crippen LogP contribution in [0.3, 0.4) is 0 Å². The van der Waals surface area contributed by atoms with Crippen molar-refractivity contribution in [2.75, 3.05) is 7.11 Å². The van der Waals surface area contributed by atoms with Crippen LogP contribution in [0.15, 0.2) is 60.7 Å². The van der Waals surface area contributed by atoms with Crippen molar-refractivity contribution in [1.82, 2.24) is 0 Å². The maximum atomic E-state index is 12.9. The number of phenolic OH excluding ortho intramolecular Hbond substituents is 1. The number of carbonyl (C=O) groups excluding carboxylic acids is 1. The van der Waals surface area contributed by atoms with E-state index in [0.717, 1.165) is 4.35 Å². The zero-order valence-electron chi connectivity index (χ0n) is 17.2. The monoisotopic (exact) mass is 481 g/mol. The molecule has 0 spiro atoms. The van der Waals surface area contributed by atoms with Gasteiger partial charge in [-0.3, -0.25) is 0 Å². The molecular formula is C23H20AsNO6. The molecule has 1 aliphatic rings. The van der Waals surface area contributed by atoms with Crippen LogP contribution in [0, 0.1) is 10.1 Å². The number of hydrogen-bond donors (Lipinski definition) is 1. The third-order valence-electron chi connectivity index (χ3n) is 5.42. The number of hydrogen-bond acceptors (Lipinski definition) is 6. The van der Waals surface area contributed by atoms with Crippen molar-refractivity contribution in [3.8, 4) is 11.5 Å². The van der Waals surface area contributed by atoms with Gasteiger partial charge in [0, 0.05) is 0 Å². The molecule has 31 heavy (non-hydrogen) atoms. The van der Waals surface area contributed by atoms with Crippen LogP contribution in [-0.4, -0.2) is 37.8 Å². The van der Waals surface area contributed by atoms with E-state index < -0.39 is 31.1 Å². The number of methoxy groups -OCH3 is 1. The first-order chi connectivity index (χ1) is 14.8. The Hall–Kier alpha value is -3.31. The molecule has 0 aromatic heterocycles. The predicted octanol–water partition coefficient (Wildman–Crippen LogP) is 3.73. The average molecular weight is 481 g/mol. The molecule has 0 amide bonds. The number of ether oxygens (including phenoxy) is 2. The standard InChI is InChI=1S/C23H20AsNO6/c1-24(2)14-8-10-18(20(26)12-14)23(17-7-5-4-6-16(17)22(27)31-23)19-13-15(25(28)29)9-11-21(19)30-3/h4-13,26H,1-3H3. The molecule has 1 unspecified atom stereocenters. The van der Waals surface area contributed by atoms with Gasteiger partial charge in [0.15, 0.2) is 0 Å².